The fourth-order valence-corrected chi connectivity index (χ4v) is 1.45. The van der Waals surface area contributed by atoms with Gasteiger partial charge in [-0.1, -0.05) is 6.42 Å². The number of rotatable bonds is 3. The zero-order chi connectivity index (χ0) is 9.52. The van der Waals surface area contributed by atoms with Crippen LogP contribution in [0.25, 0.3) is 0 Å². The Morgan fingerprint density at radius 2 is 2.31 bits per heavy atom. The van der Waals surface area contributed by atoms with E-state index in [2.05, 4.69) is 10.3 Å². The number of amides is 1. The van der Waals surface area contributed by atoms with Crippen molar-refractivity contribution in [2.75, 3.05) is 13.1 Å². The van der Waals surface area contributed by atoms with Crippen LogP contribution in [0.5, 0.6) is 0 Å². The van der Waals surface area contributed by atoms with Crippen molar-refractivity contribution in [1.82, 2.24) is 5.32 Å². The SMILES string of the molecule is O=C(O)NCCC1=NCCCCC1. The smallest absolute Gasteiger partial charge is 0.404 e. The molecule has 0 fully saturated rings. The maximum Gasteiger partial charge on any atom is 0.404 e. The molecule has 0 spiro atoms. The van der Waals surface area contributed by atoms with Crippen molar-refractivity contribution < 1.29 is 9.90 Å². The number of aliphatic imine (C=N–C) groups is 1. The van der Waals surface area contributed by atoms with Gasteiger partial charge >= 0.3 is 6.09 Å². The Labute approximate surface area is 78.1 Å². The number of nitrogens with one attached hydrogen (secondary N) is 1. The minimum absolute atomic E-state index is 0.494. The fourth-order valence-electron chi connectivity index (χ4n) is 1.45. The average Bonchev–Trinajstić information content (AvgIpc) is 2.32. The van der Waals surface area contributed by atoms with Gasteiger partial charge in [-0.2, -0.15) is 0 Å². The van der Waals surface area contributed by atoms with Crippen molar-refractivity contribution in [3.63, 3.8) is 0 Å². The number of carboxylic acid groups (broad SMARTS) is 1. The lowest BCUT2D eigenvalue weighted by molar-refractivity contribution is 0.195. The lowest BCUT2D eigenvalue weighted by Gasteiger charge is -2.03. The van der Waals surface area contributed by atoms with E-state index in [9.17, 15) is 4.79 Å². The van der Waals surface area contributed by atoms with Crippen LogP contribution in [0.2, 0.25) is 0 Å². The van der Waals surface area contributed by atoms with E-state index in [0.29, 0.717) is 6.54 Å². The summed E-state index contributed by atoms with van der Waals surface area (Å²) in [4.78, 5) is 14.6. The zero-order valence-electron chi connectivity index (χ0n) is 7.75. The fraction of sp³-hybridized carbons (Fsp3) is 0.778. The standard InChI is InChI=1S/C9H16N2O2/c12-9(13)11-7-5-8-4-2-1-3-6-10-8/h11H,1-7H2,(H,12,13). The van der Waals surface area contributed by atoms with Crippen molar-refractivity contribution in [1.29, 1.82) is 0 Å². The monoisotopic (exact) mass is 184 g/mol. The van der Waals surface area contributed by atoms with Crippen molar-refractivity contribution >= 4 is 11.8 Å². The summed E-state index contributed by atoms with van der Waals surface area (Å²) in [5, 5.41) is 10.7. The van der Waals surface area contributed by atoms with Gasteiger partial charge in [-0.05, 0) is 19.3 Å². The maximum atomic E-state index is 10.2. The minimum atomic E-state index is -0.950. The molecule has 0 saturated carbocycles. The Bertz CT molecular complexity index is 202. The van der Waals surface area contributed by atoms with Gasteiger partial charge in [0, 0.05) is 25.2 Å². The Hall–Kier alpha value is -1.06. The van der Waals surface area contributed by atoms with Gasteiger partial charge in [0.15, 0.2) is 0 Å². The molecule has 0 radical (unpaired) electrons. The van der Waals surface area contributed by atoms with Crippen LogP contribution in [0, 0.1) is 0 Å². The summed E-state index contributed by atoms with van der Waals surface area (Å²) >= 11 is 0. The molecule has 0 bridgehead atoms. The highest BCUT2D eigenvalue weighted by Gasteiger charge is 2.04. The highest BCUT2D eigenvalue weighted by atomic mass is 16.4. The Morgan fingerprint density at radius 3 is 3.08 bits per heavy atom. The maximum absolute atomic E-state index is 10.2. The molecule has 1 aliphatic rings. The number of hydrogen-bond acceptors (Lipinski definition) is 2. The molecule has 4 nitrogen and oxygen atoms in total. The highest BCUT2D eigenvalue weighted by Crippen LogP contribution is 2.08. The summed E-state index contributed by atoms with van der Waals surface area (Å²) in [5.41, 5.74) is 1.17. The van der Waals surface area contributed by atoms with E-state index in [4.69, 9.17) is 5.11 Å². The molecule has 2 N–H and O–H groups in total. The molecular weight excluding hydrogens is 168 g/mol. The molecule has 0 unspecified atom stereocenters. The van der Waals surface area contributed by atoms with E-state index in [1.54, 1.807) is 0 Å². The summed E-state index contributed by atoms with van der Waals surface area (Å²) in [7, 11) is 0. The average molecular weight is 184 g/mol. The van der Waals surface area contributed by atoms with Gasteiger partial charge in [-0.15, -0.1) is 0 Å². The summed E-state index contributed by atoms with van der Waals surface area (Å²) in [6, 6.07) is 0. The first kappa shape index (κ1) is 10.0. The topological polar surface area (TPSA) is 61.7 Å². The second-order valence-electron chi connectivity index (χ2n) is 3.24. The molecule has 0 aromatic carbocycles. The molecule has 0 aliphatic carbocycles. The van der Waals surface area contributed by atoms with Gasteiger partial charge in [-0.3, -0.25) is 4.99 Å². The quantitative estimate of drug-likeness (QED) is 0.700. The predicted molar refractivity (Wildman–Crippen MR) is 51.4 cm³/mol. The van der Waals surface area contributed by atoms with Gasteiger partial charge in [-0.25, -0.2) is 4.79 Å². The van der Waals surface area contributed by atoms with E-state index in [-0.39, 0.29) is 0 Å². The largest absolute Gasteiger partial charge is 0.465 e. The lowest BCUT2D eigenvalue weighted by Crippen LogP contribution is -2.23. The Kier molecular flexibility index (Phi) is 4.29. The Morgan fingerprint density at radius 1 is 1.46 bits per heavy atom. The third-order valence-electron chi connectivity index (χ3n) is 2.15. The van der Waals surface area contributed by atoms with Gasteiger partial charge < -0.3 is 10.4 Å². The molecule has 4 heteroatoms. The van der Waals surface area contributed by atoms with Crippen LogP contribution >= 0.6 is 0 Å². The van der Waals surface area contributed by atoms with E-state index in [1.165, 1.54) is 25.0 Å². The molecular formula is C9H16N2O2. The first-order valence-electron chi connectivity index (χ1n) is 4.78. The molecule has 0 aromatic rings. The summed E-state index contributed by atoms with van der Waals surface area (Å²) in [5.74, 6) is 0. The second-order valence-corrected chi connectivity index (χ2v) is 3.24. The molecule has 0 atom stereocenters. The van der Waals surface area contributed by atoms with Crippen LogP contribution in [0.3, 0.4) is 0 Å². The molecule has 74 valence electrons. The van der Waals surface area contributed by atoms with Gasteiger partial charge in [0.1, 0.15) is 0 Å². The highest BCUT2D eigenvalue weighted by molar-refractivity contribution is 5.85. The van der Waals surface area contributed by atoms with Crippen molar-refractivity contribution in [3.05, 3.63) is 0 Å². The van der Waals surface area contributed by atoms with Crippen molar-refractivity contribution in [3.8, 4) is 0 Å². The van der Waals surface area contributed by atoms with Crippen LogP contribution in [-0.2, 0) is 0 Å². The molecule has 1 aliphatic heterocycles. The van der Waals surface area contributed by atoms with Crippen LogP contribution in [0.15, 0.2) is 4.99 Å². The third kappa shape index (κ3) is 4.50. The predicted octanol–water partition coefficient (Wildman–Crippen LogP) is 1.66. The normalized spacial score (nSPS) is 17.4. The minimum Gasteiger partial charge on any atom is -0.465 e. The number of carbonyl (C=O) groups is 1. The first-order chi connectivity index (χ1) is 6.29. The number of hydrogen-bond donors (Lipinski definition) is 2. The van der Waals surface area contributed by atoms with E-state index >= 15 is 0 Å². The molecule has 1 rings (SSSR count). The lowest BCUT2D eigenvalue weighted by atomic mass is 10.1. The molecule has 0 saturated heterocycles. The van der Waals surface area contributed by atoms with E-state index < -0.39 is 6.09 Å². The van der Waals surface area contributed by atoms with Crippen LogP contribution in [0.4, 0.5) is 4.79 Å². The van der Waals surface area contributed by atoms with Crippen LogP contribution < -0.4 is 5.32 Å². The third-order valence-corrected chi connectivity index (χ3v) is 2.15. The van der Waals surface area contributed by atoms with Gasteiger partial charge in [0.05, 0.1) is 0 Å². The van der Waals surface area contributed by atoms with Crippen LogP contribution in [0.1, 0.15) is 32.1 Å². The van der Waals surface area contributed by atoms with Crippen LogP contribution in [-0.4, -0.2) is 30.0 Å². The summed E-state index contributed by atoms with van der Waals surface area (Å²) in [6.07, 6.45) is 4.49. The zero-order valence-corrected chi connectivity index (χ0v) is 7.75. The molecule has 0 aromatic heterocycles. The summed E-state index contributed by atoms with van der Waals surface area (Å²) < 4.78 is 0. The van der Waals surface area contributed by atoms with Crippen molar-refractivity contribution in [2.45, 2.75) is 32.1 Å². The number of nitrogens with zero attached hydrogens (tertiary/aromatic N) is 1. The van der Waals surface area contributed by atoms with Gasteiger partial charge in [0.2, 0.25) is 0 Å². The first-order valence-corrected chi connectivity index (χ1v) is 4.78. The van der Waals surface area contributed by atoms with E-state index in [1.807, 2.05) is 0 Å². The molecule has 13 heavy (non-hydrogen) atoms. The Balaban J connectivity index is 2.18. The molecule has 1 heterocycles. The second kappa shape index (κ2) is 5.56. The van der Waals surface area contributed by atoms with Gasteiger partial charge in [0.25, 0.3) is 0 Å². The van der Waals surface area contributed by atoms with Crippen molar-refractivity contribution in [2.24, 2.45) is 4.99 Å². The summed E-state index contributed by atoms with van der Waals surface area (Å²) in [6.45, 7) is 1.41. The molecule has 1 amide bonds. The van der Waals surface area contributed by atoms with E-state index in [0.717, 1.165) is 19.4 Å².